The van der Waals surface area contributed by atoms with Crippen molar-refractivity contribution in [1.29, 1.82) is 0 Å². The number of rotatable bonds is 7. The van der Waals surface area contributed by atoms with Crippen molar-refractivity contribution in [3.8, 4) is 0 Å². The molecule has 0 saturated heterocycles. The van der Waals surface area contributed by atoms with Crippen LogP contribution in [0.4, 0.5) is 0 Å². The van der Waals surface area contributed by atoms with Gasteiger partial charge in [0.05, 0.1) is 6.61 Å². The van der Waals surface area contributed by atoms with E-state index in [2.05, 4.69) is 14.8 Å². The zero-order valence-electron chi connectivity index (χ0n) is 8.80. The van der Waals surface area contributed by atoms with E-state index in [-0.39, 0.29) is 5.97 Å². The molecule has 5 heteroatoms. The Labute approximate surface area is 89.1 Å². The SMILES string of the molecule is CCOC(=O)C=CC=CCCCN=[N+]=[N-]. The summed E-state index contributed by atoms with van der Waals surface area (Å²) >= 11 is 0. The second kappa shape index (κ2) is 10.3. The molecule has 0 heterocycles. The minimum absolute atomic E-state index is 0.337. The Balaban J connectivity index is 3.52. The second-order valence-electron chi connectivity index (χ2n) is 2.64. The number of carbonyl (C=O) groups excluding carboxylic acids is 1. The number of hydrogen-bond acceptors (Lipinski definition) is 3. The molecule has 0 saturated carbocycles. The van der Waals surface area contributed by atoms with Gasteiger partial charge in [0.1, 0.15) is 0 Å². The third kappa shape index (κ3) is 10.2. The first-order chi connectivity index (χ1) is 7.31. The molecule has 0 spiro atoms. The van der Waals surface area contributed by atoms with Crippen LogP contribution in [0, 0.1) is 0 Å². The van der Waals surface area contributed by atoms with Crippen LogP contribution in [0.15, 0.2) is 29.4 Å². The number of carbonyl (C=O) groups is 1. The highest BCUT2D eigenvalue weighted by atomic mass is 16.5. The Morgan fingerprint density at radius 3 is 3.00 bits per heavy atom. The normalized spacial score (nSPS) is 10.5. The van der Waals surface area contributed by atoms with Gasteiger partial charge in [0.2, 0.25) is 0 Å². The third-order valence-corrected chi connectivity index (χ3v) is 1.46. The number of unbranched alkanes of at least 4 members (excludes halogenated alkanes) is 1. The van der Waals surface area contributed by atoms with Gasteiger partial charge >= 0.3 is 5.97 Å². The maximum Gasteiger partial charge on any atom is 0.330 e. The van der Waals surface area contributed by atoms with Gasteiger partial charge in [-0.3, -0.25) is 0 Å². The van der Waals surface area contributed by atoms with E-state index in [0.717, 1.165) is 12.8 Å². The van der Waals surface area contributed by atoms with Crippen LogP contribution in [0.2, 0.25) is 0 Å². The van der Waals surface area contributed by atoms with Gasteiger partial charge in [-0.15, -0.1) is 0 Å². The summed E-state index contributed by atoms with van der Waals surface area (Å²) in [6.45, 7) is 2.65. The van der Waals surface area contributed by atoms with Crippen molar-refractivity contribution in [2.24, 2.45) is 5.11 Å². The molecule has 0 atom stereocenters. The van der Waals surface area contributed by atoms with Gasteiger partial charge in [-0.05, 0) is 25.3 Å². The summed E-state index contributed by atoms with van der Waals surface area (Å²) in [5, 5.41) is 3.40. The predicted molar refractivity (Wildman–Crippen MR) is 58.2 cm³/mol. The van der Waals surface area contributed by atoms with Crippen molar-refractivity contribution < 1.29 is 9.53 Å². The molecule has 82 valence electrons. The molecule has 15 heavy (non-hydrogen) atoms. The highest BCUT2D eigenvalue weighted by Gasteiger charge is 1.89. The van der Waals surface area contributed by atoms with Crippen LogP contribution in [-0.4, -0.2) is 19.1 Å². The summed E-state index contributed by atoms with van der Waals surface area (Å²) in [4.78, 5) is 13.5. The minimum atomic E-state index is -0.337. The number of esters is 1. The largest absolute Gasteiger partial charge is 0.463 e. The molecule has 0 bridgehead atoms. The lowest BCUT2D eigenvalue weighted by molar-refractivity contribution is -0.137. The van der Waals surface area contributed by atoms with Crippen molar-refractivity contribution in [3.63, 3.8) is 0 Å². The first-order valence-corrected chi connectivity index (χ1v) is 4.82. The van der Waals surface area contributed by atoms with E-state index in [4.69, 9.17) is 5.53 Å². The van der Waals surface area contributed by atoms with Gasteiger partial charge in [-0.25, -0.2) is 4.79 Å². The number of allylic oxidation sites excluding steroid dienone is 3. The Morgan fingerprint density at radius 2 is 2.33 bits per heavy atom. The molecule has 0 aromatic heterocycles. The standard InChI is InChI=1S/C10H15N3O2/c1-2-15-10(14)8-6-4-3-5-7-9-12-13-11/h3-4,6,8H,2,5,7,9H2,1H3. The smallest absolute Gasteiger partial charge is 0.330 e. The zero-order valence-corrected chi connectivity index (χ0v) is 8.80. The Morgan fingerprint density at radius 1 is 1.53 bits per heavy atom. The molecule has 0 N–H and O–H groups in total. The van der Waals surface area contributed by atoms with E-state index in [9.17, 15) is 4.79 Å². The fraction of sp³-hybridized carbons (Fsp3) is 0.500. The van der Waals surface area contributed by atoms with Crippen molar-refractivity contribution in [2.75, 3.05) is 13.2 Å². The molecule has 0 aromatic rings. The number of azide groups is 1. The summed E-state index contributed by atoms with van der Waals surface area (Å²) in [5.74, 6) is -0.337. The minimum Gasteiger partial charge on any atom is -0.463 e. The fourth-order valence-electron chi connectivity index (χ4n) is 0.824. The lowest BCUT2D eigenvalue weighted by Crippen LogP contribution is -1.98. The van der Waals surface area contributed by atoms with E-state index in [1.54, 1.807) is 19.1 Å². The summed E-state index contributed by atoms with van der Waals surface area (Å²) in [6.07, 6.45) is 8.31. The van der Waals surface area contributed by atoms with Crippen molar-refractivity contribution in [3.05, 3.63) is 34.7 Å². The second-order valence-corrected chi connectivity index (χ2v) is 2.64. The van der Waals surface area contributed by atoms with Crippen LogP contribution < -0.4 is 0 Å². The quantitative estimate of drug-likeness (QED) is 0.123. The molecular formula is C10H15N3O2. The van der Waals surface area contributed by atoms with E-state index in [1.165, 1.54) is 6.08 Å². The van der Waals surface area contributed by atoms with Crippen LogP contribution >= 0.6 is 0 Å². The van der Waals surface area contributed by atoms with Gasteiger partial charge < -0.3 is 4.74 Å². The molecule has 0 aromatic carbocycles. The van der Waals surface area contributed by atoms with Gasteiger partial charge in [0.25, 0.3) is 0 Å². The molecule has 0 rings (SSSR count). The Hall–Kier alpha value is -1.74. The molecule has 5 nitrogen and oxygen atoms in total. The van der Waals surface area contributed by atoms with Gasteiger partial charge in [0.15, 0.2) is 0 Å². The van der Waals surface area contributed by atoms with Crippen molar-refractivity contribution >= 4 is 5.97 Å². The maximum atomic E-state index is 10.8. The molecule has 0 fully saturated rings. The predicted octanol–water partition coefficient (Wildman–Crippen LogP) is 2.75. The lowest BCUT2D eigenvalue weighted by atomic mass is 10.3. The Bertz CT molecular complexity index is 278. The van der Waals surface area contributed by atoms with E-state index >= 15 is 0 Å². The van der Waals surface area contributed by atoms with Gasteiger partial charge in [-0.1, -0.05) is 23.3 Å². The summed E-state index contributed by atoms with van der Waals surface area (Å²) in [6, 6.07) is 0. The zero-order chi connectivity index (χ0) is 11.4. The van der Waals surface area contributed by atoms with E-state index in [0.29, 0.717) is 13.2 Å². The average Bonchev–Trinajstić information content (AvgIpc) is 2.22. The van der Waals surface area contributed by atoms with Crippen LogP contribution in [0.3, 0.4) is 0 Å². The molecule has 0 aliphatic carbocycles. The molecule has 0 aliphatic heterocycles. The average molecular weight is 209 g/mol. The molecular weight excluding hydrogens is 194 g/mol. The number of nitrogens with zero attached hydrogens (tertiary/aromatic N) is 3. The third-order valence-electron chi connectivity index (χ3n) is 1.46. The summed E-state index contributed by atoms with van der Waals surface area (Å²) in [5.41, 5.74) is 8.00. The van der Waals surface area contributed by atoms with Crippen molar-refractivity contribution in [1.82, 2.24) is 0 Å². The number of hydrogen-bond donors (Lipinski definition) is 0. The molecule has 0 unspecified atom stereocenters. The molecule has 0 aliphatic rings. The van der Waals surface area contributed by atoms with Crippen LogP contribution in [-0.2, 0) is 9.53 Å². The van der Waals surface area contributed by atoms with Gasteiger partial charge in [0, 0.05) is 17.5 Å². The van der Waals surface area contributed by atoms with Crippen LogP contribution in [0.25, 0.3) is 10.4 Å². The van der Waals surface area contributed by atoms with E-state index in [1.807, 2.05) is 6.08 Å². The first kappa shape index (κ1) is 13.3. The topological polar surface area (TPSA) is 75.1 Å². The first-order valence-electron chi connectivity index (χ1n) is 4.82. The van der Waals surface area contributed by atoms with Crippen LogP contribution in [0.1, 0.15) is 19.8 Å². The van der Waals surface area contributed by atoms with Crippen LogP contribution in [0.5, 0.6) is 0 Å². The van der Waals surface area contributed by atoms with E-state index < -0.39 is 0 Å². The van der Waals surface area contributed by atoms with Crippen molar-refractivity contribution in [2.45, 2.75) is 19.8 Å². The van der Waals surface area contributed by atoms with Gasteiger partial charge in [-0.2, -0.15) is 0 Å². The highest BCUT2D eigenvalue weighted by Crippen LogP contribution is 1.92. The lowest BCUT2D eigenvalue weighted by Gasteiger charge is -1.92. The number of ether oxygens (including phenoxy) is 1. The Kier molecular flexibility index (Phi) is 9.14. The highest BCUT2D eigenvalue weighted by molar-refractivity contribution is 5.82. The maximum absolute atomic E-state index is 10.8. The fourth-order valence-corrected chi connectivity index (χ4v) is 0.824. The summed E-state index contributed by atoms with van der Waals surface area (Å²) < 4.78 is 4.69. The molecule has 0 amide bonds. The molecule has 0 radical (unpaired) electrons. The summed E-state index contributed by atoms with van der Waals surface area (Å²) in [7, 11) is 0. The monoisotopic (exact) mass is 209 g/mol.